The minimum absolute atomic E-state index is 0.0310. The number of pyridine rings is 1. The van der Waals surface area contributed by atoms with Gasteiger partial charge in [-0.25, -0.2) is 19.3 Å². The number of nitrogens with one attached hydrogen (secondary N) is 1. The number of likely N-dealkylation sites (tertiary alicyclic amines) is 1. The maximum Gasteiger partial charge on any atom is 0.248 e. The van der Waals surface area contributed by atoms with Crippen LogP contribution in [0.1, 0.15) is 54.0 Å². The van der Waals surface area contributed by atoms with Crippen molar-refractivity contribution in [3.05, 3.63) is 69.7 Å². The first-order valence-corrected chi connectivity index (χ1v) is 14.5. The number of carbonyl (C=O) groups excluding carboxylic acids is 3. The van der Waals surface area contributed by atoms with Crippen LogP contribution in [0.25, 0.3) is 22.0 Å². The molecule has 3 aromatic heterocycles. The lowest BCUT2D eigenvalue weighted by molar-refractivity contribution is -0.138. The van der Waals surface area contributed by atoms with Crippen molar-refractivity contribution < 1.29 is 18.8 Å². The third-order valence-corrected chi connectivity index (χ3v) is 9.01. The monoisotopic (exact) mass is 632 g/mol. The molecule has 0 radical (unpaired) electrons. The van der Waals surface area contributed by atoms with Crippen LogP contribution in [-0.2, 0) is 16.1 Å². The summed E-state index contributed by atoms with van der Waals surface area (Å²) in [5.41, 5.74) is 3.99. The molecule has 1 saturated carbocycles. The molecule has 2 amide bonds. The van der Waals surface area contributed by atoms with Gasteiger partial charge in [0.25, 0.3) is 0 Å². The molecule has 11 heteroatoms. The molecular formula is C31H30BrFN6O3. The van der Waals surface area contributed by atoms with Crippen LogP contribution in [0, 0.1) is 32.0 Å². The van der Waals surface area contributed by atoms with E-state index in [1.54, 1.807) is 30.4 Å². The number of Topliss-reactive ketones (excluding diaryl/α,β-unsaturated/α-hetero) is 1. The summed E-state index contributed by atoms with van der Waals surface area (Å²) in [7, 11) is 0. The molecule has 6 rings (SSSR count). The Labute approximate surface area is 250 Å². The molecule has 216 valence electrons. The van der Waals surface area contributed by atoms with E-state index in [-0.39, 0.29) is 45.7 Å². The lowest BCUT2D eigenvalue weighted by Crippen LogP contribution is -2.46. The predicted molar refractivity (Wildman–Crippen MR) is 159 cm³/mol. The lowest BCUT2D eigenvalue weighted by atomic mass is 10.0. The molecule has 9 nitrogen and oxygen atoms in total. The summed E-state index contributed by atoms with van der Waals surface area (Å²) in [5.74, 6) is -0.420. The number of carbonyl (C=O) groups is 3. The van der Waals surface area contributed by atoms with Crippen LogP contribution in [0.2, 0.25) is 0 Å². The SMILES string of the molecule is CC(=O)c1cn(CC(=O)N2[C@H](C(=O)Nc3nc(Br)cc(F)c3C)C[C@@]3(C)C[C@@H]23)c2c(C)cc(-c3cnc(C)nc3)cc12. The Kier molecular flexibility index (Phi) is 6.75. The summed E-state index contributed by atoms with van der Waals surface area (Å²) >= 11 is 3.18. The molecule has 2 aliphatic rings. The molecule has 4 heterocycles. The van der Waals surface area contributed by atoms with Crippen LogP contribution >= 0.6 is 15.9 Å². The van der Waals surface area contributed by atoms with Crippen molar-refractivity contribution in [3.8, 4) is 11.1 Å². The van der Waals surface area contributed by atoms with Crippen molar-refractivity contribution in [1.29, 1.82) is 0 Å². The number of hydrogen-bond donors (Lipinski definition) is 1. The van der Waals surface area contributed by atoms with Gasteiger partial charge in [0, 0.05) is 52.8 Å². The highest BCUT2D eigenvalue weighted by molar-refractivity contribution is 9.10. The van der Waals surface area contributed by atoms with Crippen LogP contribution < -0.4 is 5.32 Å². The highest BCUT2D eigenvalue weighted by atomic mass is 79.9. The quantitative estimate of drug-likeness (QED) is 0.221. The van der Waals surface area contributed by atoms with E-state index in [0.29, 0.717) is 17.8 Å². The van der Waals surface area contributed by atoms with Gasteiger partial charge in [0.1, 0.15) is 34.6 Å². The van der Waals surface area contributed by atoms with Crippen molar-refractivity contribution in [3.63, 3.8) is 0 Å². The number of aryl methyl sites for hydroxylation is 2. The van der Waals surface area contributed by atoms with Gasteiger partial charge < -0.3 is 14.8 Å². The van der Waals surface area contributed by atoms with E-state index in [0.717, 1.165) is 34.0 Å². The largest absolute Gasteiger partial charge is 0.337 e. The Bertz CT molecular complexity index is 1800. The Hall–Kier alpha value is -3.99. The minimum atomic E-state index is -0.715. The first kappa shape index (κ1) is 28.1. The number of hydrogen-bond acceptors (Lipinski definition) is 6. The highest BCUT2D eigenvalue weighted by Gasteiger charge is 2.64. The van der Waals surface area contributed by atoms with Gasteiger partial charge in [-0.15, -0.1) is 0 Å². The van der Waals surface area contributed by atoms with Crippen LogP contribution in [0.5, 0.6) is 0 Å². The third-order valence-electron chi connectivity index (χ3n) is 8.61. The zero-order valence-corrected chi connectivity index (χ0v) is 25.5. The fourth-order valence-electron chi connectivity index (χ4n) is 6.23. The summed E-state index contributed by atoms with van der Waals surface area (Å²) < 4.78 is 16.4. The van der Waals surface area contributed by atoms with Crippen molar-refractivity contribution in [2.45, 2.75) is 66.1 Å². The average Bonchev–Trinajstić information content (AvgIpc) is 3.28. The topological polar surface area (TPSA) is 110 Å². The van der Waals surface area contributed by atoms with Gasteiger partial charge in [0.05, 0.1) is 5.52 Å². The maximum atomic E-state index is 14.3. The maximum absolute atomic E-state index is 14.3. The van der Waals surface area contributed by atoms with E-state index < -0.39 is 17.8 Å². The molecule has 2 fully saturated rings. The molecule has 1 aliphatic carbocycles. The number of rotatable bonds is 6. The van der Waals surface area contributed by atoms with E-state index in [4.69, 9.17) is 0 Å². The zero-order valence-electron chi connectivity index (χ0n) is 24.0. The number of nitrogens with zero attached hydrogens (tertiary/aromatic N) is 5. The van der Waals surface area contributed by atoms with Crippen molar-refractivity contribution in [1.82, 2.24) is 24.4 Å². The van der Waals surface area contributed by atoms with Crippen LogP contribution in [0.3, 0.4) is 0 Å². The van der Waals surface area contributed by atoms with E-state index in [1.807, 2.05) is 30.5 Å². The number of benzene rings is 1. The second kappa shape index (κ2) is 10.1. The molecule has 1 N–H and O–H groups in total. The summed E-state index contributed by atoms with van der Waals surface area (Å²) in [4.78, 5) is 54.6. The fraction of sp³-hybridized carbons (Fsp3) is 0.355. The van der Waals surface area contributed by atoms with E-state index in [9.17, 15) is 18.8 Å². The third kappa shape index (κ3) is 4.79. The Morgan fingerprint density at radius 2 is 1.81 bits per heavy atom. The van der Waals surface area contributed by atoms with E-state index in [2.05, 4.69) is 43.1 Å². The standard InChI is InChI=1S/C31H30BrFN6O3/c1-15-6-19(20-11-34-18(4)35-12-20)7-21-22(17(3)40)13-38(28(15)21)14-27(41)39-24(9-31(5)10-25(31)39)30(42)37-29-16(2)23(33)8-26(32)36-29/h6-8,11-13,24-25H,9-10,14H2,1-5H3,(H,36,37,42)/t24-,25+,31-/m0/s1. The van der Waals surface area contributed by atoms with Crippen molar-refractivity contribution >= 4 is 50.2 Å². The van der Waals surface area contributed by atoms with Gasteiger partial charge in [-0.05, 0) is 85.1 Å². The summed E-state index contributed by atoms with van der Waals surface area (Å²) in [5, 5.41) is 3.49. The van der Waals surface area contributed by atoms with Gasteiger partial charge in [0.15, 0.2) is 5.78 Å². The summed E-state index contributed by atoms with van der Waals surface area (Å²) in [6.07, 6.45) is 6.56. The molecular weight excluding hydrogens is 603 g/mol. The van der Waals surface area contributed by atoms with E-state index >= 15 is 0 Å². The summed E-state index contributed by atoms with van der Waals surface area (Å²) in [6.45, 7) is 8.87. The van der Waals surface area contributed by atoms with Crippen molar-refractivity contribution in [2.75, 3.05) is 5.32 Å². The van der Waals surface area contributed by atoms with Crippen LogP contribution in [-0.4, -0.2) is 54.1 Å². The van der Waals surface area contributed by atoms with Crippen LogP contribution in [0.15, 0.2) is 41.4 Å². The molecule has 0 spiro atoms. The lowest BCUT2D eigenvalue weighted by Gasteiger charge is -2.27. The molecule has 1 aromatic carbocycles. The van der Waals surface area contributed by atoms with Gasteiger partial charge in [-0.2, -0.15) is 0 Å². The van der Waals surface area contributed by atoms with Gasteiger partial charge in [-0.3, -0.25) is 14.4 Å². The van der Waals surface area contributed by atoms with Gasteiger partial charge in [0.2, 0.25) is 11.8 Å². The molecule has 0 bridgehead atoms. The number of piperidine rings is 1. The number of halogens is 2. The molecule has 3 atom stereocenters. The normalized spacial score (nSPS) is 21.0. The number of aromatic nitrogens is 4. The molecule has 0 unspecified atom stereocenters. The number of anilines is 1. The van der Waals surface area contributed by atoms with Gasteiger partial charge >= 0.3 is 0 Å². The molecule has 1 aliphatic heterocycles. The smallest absolute Gasteiger partial charge is 0.248 e. The Balaban J connectivity index is 1.32. The average molecular weight is 634 g/mol. The minimum Gasteiger partial charge on any atom is -0.337 e. The summed E-state index contributed by atoms with van der Waals surface area (Å²) in [6, 6.07) is 4.40. The van der Waals surface area contributed by atoms with E-state index in [1.165, 1.54) is 13.0 Å². The highest BCUT2D eigenvalue weighted by Crippen LogP contribution is 2.59. The second-order valence-electron chi connectivity index (χ2n) is 11.7. The molecule has 1 saturated heterocycles. The zero-order chi connectivity index (χ0) is 30.1. The molecule has 42 heavy (non-hydrogen) atoms. The number of amides is 2. The number of fused-ring (bicyclic) bond motifs is 2. The fourth-order valence-corrected chi connectivity index (χ4v) is 6.61. The Morgan fingerprint density at radius 1 is 1.10 bits per heavy atom. The van der Waals surface area contributed by atoms with Crippen LogP contribution in [0.4, 0.5) is 10.2 Å². The Morgan fingerprint density at radius 3 is 2.50 bits per heavy atom. The first-order chi connectivity index (χ1) is 19.9. The second-order valence-corrected chi connectivity index (χ2v) is 12.5. The number of ketones is 1. The van der Waals surface area contributed by atoms with Crippen molar-refractivity contribution in [2.24, 2.45) is 5.41 Å². The predicted octanol–water partition coefficient (Wildman–Crippen LogP) is 5.54. The first-order valence-electron chi connectivity index (χ1n) is 13.7. The molecule has 4 aromatic rings. The van der Waals surface area contributed by atoms with Gasteiger partial charge in [-0.1, -0.05) is 6.92 Å².